The lowest BCUT2D eigenvalue weighted by atomic mass is 9.90. The molecule has 1 aromatic carbocycles. The number of aromatic nitrogens is 4. The molecule has 5 aliphatic rings. The third kappa shape index (κ3) is 7.04. The average Bonchev–Trinajstić information content (AvgIpc) is 3.71. The molecule has 3 aromatic heterocycles. The summed E-state index contributed by atoms with van der Waals surface area (Å²) in [5.41, 5.74) is 7.23. The van der Waals surface area contributed by atoms with Gasteiger partial charge in [-0.2, -0.15) is 0 Å². The van der Waals surface area contributed by atoms with Crippen molar-refractivity contribution in [3.63, 3.8) is 0 Å². The highest BCUT2D eigenvalue weighted by Gasteiger charge is 2.39. The minimum Gasteiger partial charge on any atom is -0.392 e. The van der Waals surface area contributed by atoms with Crippen molar-refractivity contribution in [1.29, 1.82) is 0 Å². The number of aliphatic hydroxyl groups excluding tert-OH is 1. The van der Waals surface area contributed by atoms with Crippen LogP contribution >= 0.6 is 0 Å². The van der Waals surface area contributed by atoms with E-state index in [-0.39, 0.29) is 47.3 Å². The Hall–Kier alpha value is -5.31. The first-order valence-electron chi connectivity index (χ1n) is 21.1. The molecule has 3 fully saturated rings. The Labute approximate surface area is 345 Å². The van der Waals surface area contributed by atoms with Crippen molar-refractivity contribution in [2.45, 2.75) is 84.2 Å². The van der Waals surface area contributed by atoms with Crippen LogP contribution in [0.5, 0.6) is 0 Å². The summed E-state index contributed by atoms with van der Waals surface area (Å²) in [6, 6.07) is 10.6. The van der Waals surface area contributed by atoms with Crippen molar-refractivity contribution in [2.75, 3.05) is 61.1 Å². The molecule has 2 atom stereocenters. The molecule has 2 amide bonds. The van der Waals surface area contributed by atoms with Gasteiger partial charge in [0.1, 0.15) is 11.5 Å². The largest absolute Gasteiger partial charge is 0.392 e. The van der Waals surface area contributed by atoms with Crippen LogP contribution in [-0.2, 0) is 42.6 Å². The second-order valence-corrected chi connectivity index (χ2v) is 17.7. The number of piperazine rings is 1. The maximum Gasteiger partial charge on any atom is 0.293 e. The van der Waals surface area contributed by atoms with Crippen LogP contribution in [0.1, 0.15) is 78.9 Å². The third-order valence-electron chi connectivity index (χ3n) is 13.2. The number of carbonyl (C=O) groups is 2. The van der Waals surface area contributed by atoms with Gasteiger partial charge in [0.2, 0.25) is 5.91 Å². The van der Waals surface area contributed by atoms with Crippen molar-refractivity contribution in [3.05, 3.63) is 93.8 Å². The molecular weight excluding hydrogens is 747 g/mol. The summed E-state index contributed by atoms with van der Waals surface area (Å²) in [5, 5.41) is 14.2. The number of fused-ring (bicyclic) bond motifs is 3. The highest BCUT2D eigenvalue weighted by Crippen LogP contribution is 2.43. The van der Waals surface area contributed by atoms with E-state index in [2.05, 4.69) is 58.1 Å². The van der Waals surface area contributed by atoms with Crippen LogP contribution in [0.15, 0.2) is 60.2 Å². The van der Waals surface area contributed by atoms with Crippen molar-refractivity contribution in [1.82, 2.24) is 28.9 Å². The van der Waals surface area contributed by atoms with Gasteiger partial charge >= 0.3 is 0 Å². The predicted octanol–water partition coefficient (Wildman–Crippen LogP) is 4.81. The molecule has 1 unspecified atom stereocenters. The summed E-state index contributed by atoms with van der Waals surface area (Å²) in [6.07, 6.45) is 9.46. The van der Waals surface area contributed by atoms with Crippen LogP contribution in [0, 0.1) is 5.41 Å². The maximum atomic E-state index is 14.0. The van der Waals surface area contributed by atoms with Gasteiger partial charge in [-0.3, -0.25) is 24.2 Å². The molecule has 0 saturated carbocycles. The summed E-state index contributed by atoms with van der Waals surface area (Å²) in [5.74, 6) is 0.250. The zero-order chi connectivity index (χ0) is 41.2. The molecule has 14 nitrogen and oxygen atoms in total. The first-order chi connectivity index (χ1) is 28.4. The first-order valence-corrected chi connectivity index (χ1v) is 21.1. The van der Waals surface area contributed by atoms with E-state index >= 15 is 0 Å². The molecule has 1 aliphatic carbocycles. The number of likely N-dealkylation sites (tertiary alicyclic amines) is 1. The van der Waals surface area contributed by atoms with Gasteiger partial charge in [0.25, 0.3) is 11.5 Å². The first kappa shape index (κ1) is 39.2. The van der Waals surface area contributed by atoms with E-state index in [1.165, 1.54) is 21.9 Å². The van der Waals surface area contributed by atoms with E-state index in [0.717, 1.165) is 76.2 Å². The van der Waals surface area contributed by atoms with E-state index in [9.17, 15) is 19.5 Å². The number of aryl methyl sites for hydroxylation is 1. The molecule has 14 heteroatoms. The number of anilines is 4. The second kappa shape index (κ2) is 15.4. The summed E-state index contributed by atoms with van der Waals surface area (Å²) >= 11 is 0. The SMILES string of the molecule is C=CC(=O)N1CCC1c1cc(Nc2nc(-c3ccnc(N4CCn5c(cc6c5CC(C)(C)C6)C4=O)c3CO)cn(C)c2=O)ccc1N1CCN(C2CCOCC2)C[C@@H]1C. The quantitative estimate of drug-likeness (QED) is 0.227. The van der Waals surface area contributed by atoms with E-state index in [1.54, 1.807) is 30.4 Å². The number of benzene rings is 1. The molecule has 3 saturated heterocycles. The van der Waals surface area contributed by atoms with Gasteiger partial charge < -0.3 is 34.1 Å². The minimum atomic E-state index is -0.380. The van der Waals surface area contributed by atoms with Gasteiger partial charge in [-0.25, -0.2) is 9.97 Å². The second-order valence-electron chi connectivity index (χ2n) is 17.7. The van der Waals surface area contributed by atoms with Gasteiger partial charge in [-0.15, -0.1) is 0 Å². The number of pyridine rings is 1. The minimum absolute atomic E-state index is 0.101. The van der Waals surface area contributed by atoms with Crippen LogP contribution in [-0.4, -0.2) is 104 Å². The highest BCUT2D eigenvalue weighted by atomic mass is 16.5. The number of amides is 2. The lowest BCUT2D eigenvalue weighted by molar-refractivity contribution is -0.133. The Morgan fingerprint density at radius 2 is 1.86 bits per heavy atom. The zero-order valence-electron chi connectivity index (χ0n) is 34.6. The Morgan fingerprint density at radius 1 is 1.05 bits per heavy atom. The van der Waals surface area contributed by atoms with E-state index in [1.807, 2.05) is 23.1 Å². The zero-order valence-corrected chi connectivity index (χ0v) is 34.6. The van der Waals surface area contributed by atoms with Gasteiger partial charge in [0.05, 0.1) is 18.3 Å². The molecule has 310 valence electrons. The van der Waals surface area contributed by atoms with Crippen LogP contribution in [0.4, 0.5) is 23.0 Å². The molecule has 4 aromatic rings. The van der Waals surface area contributed by atoms with E-state index in [0.29, 0.717) is 59.7 Å². The number of carbonyl (C=O) groups excluding carboxylic acids is 2. The number of hydrogen-bond acceptors (Lipinski definition) is 10. The van der Waals surface area contributed by atoms with Gasteiger partial charge in [0, 0.05) is 118 Å². The van der Waals surface area contributed by atoms with Crippen LogP contribution in [0.3, 0.4) is 0 Å². The monoisotopic (exact) mass is 801 g/mol. The van der Waals surface area contributed by atoms with Gasteiger partial charge in [0.15, 0.2) is 5.82 Å². The molecule has 0 spiro atoms. The normalized spacial score (nSPS) is 21.9. The van der Waals surface area contributed by atoms with Gasteiger partial charge in [-0.1, -0.05) is 20.4 Å². The summed E-state index contributed by atoms with van der Waals surface area (Å²) < 4.78 is 9.26. The van der Waals surface area contributed by atoms with Crippen molar-refractivity contribution in [2.24, 2.45) is 12.5 Å². The smallest absolute Gasteiger partial charge is 0.293 e. The van der Waals surface area contributed by atoms with Crippen molar-refractivity contribution < 1.29 is 19.4 Å². The Bertz CT molecular complexity index is 2380. The number of ether oxygens (including phenoxy) is 1. The molecule has 59 heavy (non-hydrogen) atoms. The van der Waals surface area contributed by atoms with Crippen LogP contribution in [0.2, 0.25) is 0 Å². The molecule has 0 radical (unpaired) electrons. The van der Waals surface area contributed by atoms with Crippen LogP contribution in [0.25, 0.3) is 11.3 Å². The Balaban J connectivity index is 1.02. The molecule has 7 heterocycles. The molecule has 2 N–H and O–H groups in total. The molecular formula is C45H55N9O5. The summed E-state index contributed by atoms with van der Waals surface area (Å²) in [7, 11) is 1.67. The molecule has 9 rings (SSSR count). The lowest BCUT2D eigenvalue weighted by Crippen LogP contribution is -2.56. The fourth-order valence-electron chi connectivity index (χ4n) is 10.2. The van der Waals surface area contributed by atoms with Crippen molar-refractivity contribution >= 4 is 34.8 Å². The van der Waals surface area contributed by atoms with Gasteiger partial charge in [-0.05, 0) is 86.4 Å². The standard InChI is InChI=1S/C45H55N9O5/c1-6-40(56)53-14-10-37(53)33-22-30(7-8-36(33)51-16-15-50(25-28(51)2)31-11-19-59-20-12-31)47-41-44(58)49(5)26-35(48-41)32-9-13-46-42(34(32)27-55)54-18-17-52-38(43(54)57)21-29-23-45(3,4)24-39(29)52/h6-9,13,21-22,26,28,31,37,55H,1,10-12,14-20,23-25,27H2,2-5H3,(H,47,48)/t28-,37?/m0/s1. The molecule has 4 aliphatic heterocycles. The number of rotatable bonds is 9. The maximum absolute atomic E-state index is 14.0. The number of nitrogens with zero attached hydrogens (tertiary/aromatic N) is 8. The number of aliphatic hydroxyl groups is 1. The Morgan fingerprint density at radius 3 is 2.59 bits per heavy atom. The summed E-state index contributed by atoms with van der Waals surface area (Å²) in [6.45, 7) is 16.3. The van der Waals surface area contributed by atoms with Crippen LogP contribution < -0.4 is 20.7 Å². The fourth-order valence-corrected chi connectivity index (χ4v) is 10.2. The van der Waals surface area contributed by atoms with E-state index < -0.39 is 0 Å². The average molecular weight is 802 g/mol. The fraction of sp³-hybridized carbons (Fsp3) is 0.489. The van der Waals surface area contributed by atoms with Crippen molar-refractivity contribution in [3.8, 4) is 11.3 Å². The Kier molecular flexibility index (Phi) is 10.2. The summed E-state index contributed by atoms with van der Waals surface area (Å²) in [4.78, 5) is 58.7. The molecule has 0 bridgehead atoms. The lowest BCUT2D eigenvalue weighted by Gasteiger charge is -2.47. The topological polar surface area (TPSA) is 141 Å². The number of hydrogen-bond donors (Lipinski definition) is 2. The number of nitrogens with one attached hydrogen (secondary N) is 1. The predicted molar refractivity (Wildman–Crippen MR) is 227 cm³/mol. The van der Waals surface area contributed by atoms with E-state index in [4.69, 9.17) is 9.72 Å². The third-order valence-corrected chi connectivity index (χ3v) is 13.2. The highest BCUT2D eigenvalue weighted by molar-refractivity contribution is 6.06.